The van der Waals surface area contributed by atoms with Gasteiger partial charge in [0, 0.05) is 25.2 Å². The van der Waals surface area contributed by atoms with Crippen molar-refractivity contribution in [2.75, 3.05) is 13.1 Å². The summed E-state index contributed by atoms with van der Waals surface area (Å²) >= 11 is 0. The van der Waals surface area contributed by atoms with E-state index < -0.39 is 11.2 Å². The van der Waals surface area contributed by atoms with Gasteiger partial charge in [-0.2, -0.15) is 0 Å². The van der Waals surface area contributed by atoms with E-state index in [0.717, 1.165) is 36.8 Å². The number of carbonyl (C=O) groups excluding carboxylic acids is 2. The quantitative estimate of drug-likeness (QED) is 0.358. The van der Waals surface area contributed by atoms with Crippen molar-refractivity contribution in [2.24, 2.45) is 0 Å². The summed E-state index contributed by atoms with van der Waals surface area (Å²) in [5.41, 5.74) is 1.22. The molecular weight excluding hydrogens is 476 g/mol. The molecule has 0 N–H and O–H groups in total. The summed E-state index contributed by atoms with van der Waals surface area (Å²) in [6.07, 6.45) is 4.10. The zero-order chi connectivity index (χ0) is 27.8. The lowest BCUT2D eigenvalue weighted by Crippen LogP contribution is -2.55. The monoisotopic (exact) mass is 522 g/mol. The summed E-state index contributed by atoms with van der Waals surface area (Å²) in [5, 5.41) is 0. The maximum atomic E-state index is 13.1. The summed E-state index contributed by atoms with van der Waals surface area (Å²) in [4.78, 5) is 30.6. The van der Waals surface area contributed by atoms with Gasteiger partial charge >= 0.3 is 11.9 Å². The highest BCUT2D eigenvalue weighted by atomic mass is 16.6. The average Bonchev–Trinajstić information content (AvgIpc) is 2.82. The van der Waals surface area contributed by atoms with Crippen molar-refractivity contribution >= 4 is 11.9 Å². The second kappa shape index (κ2) is 13.4. The van der Waals surface area contributed by atoms with Gasteiger partial charge in [0.25, 0.3) is 0 Å². The molecule has 38 heavy (non-hydrogen) atoms. The first-order valence-corrected chi connectivity index (χ1v) is 13.9. The average molecular weight is 523 g/mol. The molecule has 0 bridgehead atoms. The molecule has 0 heterocycles. The van der Waals surface area contributed by atoms with E-state index in [1.54, 1.807) is 0 Å². The molecule has 0 unspecified atom stereocenters. The number of hydrogen-bond acceptors (Lipinski definition) is 6. The van der Waals surface area contributed by atoms with Crippen LogP contribution in [-0.4, -0.2) is 58.1 Å². The topological polar surface area (TPSA) is 59.1 Å². The number of hydrogen-bond donors (Lipinski definition) is 0. The molecule has 2 atom stereocenters. The van der Waals surface area contributed by atoms with E-state index in [1.165, 1.54) is 0 Å². The predicted molar refractivity (Wildman–Crippen MR) is 151 cm³/mol. The fourth-order valence-electron chi connectivity index (χ4n) is 5.24. The maximum Gasteiger partial charge on any atom is 0.320 e. The first-order valence-electron chi connectivity index (χ1n) is 13.9. The van der Waals surface area contributed by atoms with Gasteiger partial charge in [-0.05, 0) is 65.5 Å². The molecule has 0 amide bonds. The van der Waals surface area contributed by atoms with Gasteiger partial charge in [0.2, 0.25) is 0 Å². The Balaban J connectivity index is 1.91. The first-order chi connectivity index (χ1) is 17.9. The lowest BCUT2D eigenvalue weighted by molar-refractivity contribution is -0.160. The molecule has 1 saturated carbocycles. The maximum absolute atomic E-state index is 13.1. The van der Waals surface area contributed by atoms with Crippen LogP contribution in [0.25, 0.3) is 0 Å². The molecule has 0 radical (unpaired) electrons. The van der Waals surface area contributed by atoms with Crippen molar-refractivity contribution < 1.29 is 19.1 Å². The van der Waals surface area contributed by atoms with Crippen LogP contribution in [0.2, 0.25) is 0 Å². The Labute approximate surface area is 229 Å². The summed E-state index contributed by atoms with van der Waals surface area (Å²) in [6, 6.07) is 20.7. The van der Waals surface area contributed by atoms with Gasteiger partial charge in [0.15, 0.2) is 0 Å². The van der Waals surface area contributed by atoms with Gasteiger partial charge in [0.05, 0.1) is 13.1 Å². The van der Waals surface area contributed by atoms with Crippen LogP contribution < -0.4 is 0 Å². The zero-order valence-corrected chi connectivity index (χ0v) is 24.1. The van der Waals surface area contributed by atoms with Crippen molar-refractivity contribution in [3.05, 3.63) is 71.8 Å². The predicted octanol–water partition coefficient (Wildman–Crippen LogP) is 5.99. The normalized spacial score (nSPS) is 18.4. The Kier molecular flexibility index (Phi) is 10.5. The molecule has 2 aromatic rings. The summed E-state index contributed by atoms with van der Waals surface area (Å²) in [6.45, 7) is 13.1. The SMILES string of the molecule is CC(C)(C)OC(=O)CN(Cc1ccccc1)[C@@H]1CCCC[C@H]1N(CC(=O)OC(C)(C)C)Cc1ccccc1. The molecule has 1 aliphatic carbocycles. The summed E-state index contributed by atoms with van der Waals surface area (Å²) in [5.74, 6) is -0.445. The molecule has 0 saturated heterocycles. The molecule has 0 spiro atoms. The minimum atomic E-state index is -0.544. The number of esters is 2. The van der Waals surface area contributed by atoms with Crippen LogP contribution in [0.3, 0.4) is 0 Å². The molecule has 208 valence electrons. The van der Waals surface area contributed by atoms with E-state index in [9.17, 15) is 9.59 Å². The molecule has 1 fully saturated rings. The fourth-order valence-corrected chi connectivity index (χ4v) is 5.24. The van der Waals surface area contributed by atoms with Crippen molar-refractivity contribution in [3.8, 4) is 0 Å². The highest BCUT2D eigenvalue weighted by Crippen LogP contribution is 2.30. The van der Waals surface area contributed by atoms with E-state index in [4.69, 9.17) is 9.47 Å². The van der Waals surface area contributed by atoms with E-state index in [0.29, 0.717) is 13.1 Å². The molecule has 6 heteroatoms. The van der Waals surface area contributed by atoms with Crippen molar-refractivity contribution in [2.45, 2.75) is 104 Å². The third-order valence-corrected chi connectivity index (χ3v) is 6.59. The van der Waals surface area contributed by atoms with E-state index >= 15 is 0 Å². The number of benzene rings is 2. The zero-order valence-electron chi connectivity index (χ0n) is 24.1. The third-order valence-electron chi connectivity index (χ3n) is 6.59. The standard InChI is InChI=1S/C32H46N2O4/c1-31(2,3)37-29(35)23-33(21-25-15-9-7-10-16-25)27-19-13-14-20-28(27)34(22-26-17-11-8-12-18-26)24-30(36)38-32(4,5)6/h7-12,15-18,27-28H,13-14,19-24H2,1-6H3/t27-,28-/m1/s1. The Hall–Kier alpha value is -2.70. The minimum Gasteiger partial charge on any atom is -0.459 e. The minimum absolute atomic E-state index is 0.0997. The number of carbonyl (C=O) groups is 2. The Morgan fingerprint density at radius 2 is 1.00 bits per heavy atom. The highest BCUT2D eigenvalue weighted by Gasteiger charge is 2.37. The van der Waals surface area contributed by atoms with E-state index in [-0.39, 0.29) is 37.1 Å². The van der Waals surface area contributed by atoms with Gasteiger partial charge in [-0.25, -0.2) is 0 Å². The summed E-state index contributed by atoms with van der Waals surface area (Å²) in [7, 11) is 0. The van der Waals surface area contributed by atoms with Crippen LogP contribution in [0.1, 0.15) is 78.4 Å². The van der Waals surface area contributed by atoms with Gasteiger partial charge < -0.3 is 9.47 Å². The molecule has 0 aliphatic heterocycles. The van der Waals surface area contributed by atoms with Crippen LogP contribution in [-0.2, 0) is 32.2 Å². The second-order valence-electron chi connectivity index (χ2n) is 12.4. The van der Waals surface area contributed by atoms with Gasteiger partial charge in [-0.1, -0.05) is 73.5 Å². The molecule has 6 nitrogen and oxygen atoms in total. The number of rotatable bonds is 10. The van der Waals surface area contributed by atoms with Crippen LogP contribution >= 0.6 is 0 Å². The Morgan fingerprint density at radius 3 is 1.32 bits per heavy atom. The van der Waals surface area contributed by atoms with Crippen molar-refractivity contribution in [3.63, 3.8) is 0 Å². The second-order valence-corrected chi connectivity index (χ2v) is 12.4. The first kappa shape index (κ1) is 29.9. The van der Waals surface area contributed by atoms with Gasteiger partial charge in [-0.3, -0.25) is 19.4 Å². The van der Waals surface area contributed by atoms with Gasteiger partial charge in [0.1, 0.15) is 11.2 Å². The lowest BCUT2D eigenvalue weighted by atomic mass is 9.87. The van der Waals surface area contributed by atoms with Gasteiger partial charge in [-0.15, -0.1) is 0 Å². The highest BCUT2D eigenvalue weighted by molar-refractivity contribution is 5.72. The largest absolute Gasteiger partial charge is 0.459 e. The van der Waals surface area contributed by atoms with Crippen molar-refractivity contribution in [1.82, 2.24) is 9.80 Å². The smallest absolute Gasteiger partial charge is 0.320 e. The molecular formula is C32H46N2O4. The Bertz CT molecular complexity index is 928. The molecule has 2 aromatic carbocycles. The van der Waals surface area contributed by atoms with Crippen LogP contribution in [0, 0.1) is 0 Å². The van der Waals surface area contributed by atoms with Crippen LogP contribution in [0.5, 0.6) is 0 Å². The van der Waals surface area contributed by atoms with Crippen LogP contribution in [0.15, 0.2) is 60.7 Å². The van der Waals surface area contributed by atoms with E-state index in [2.05, 4.69) is 34.1 Å². The Morgan fingerprint density at radius 1 is 0.658 bits per heavy atom. The van der Waals surface area contributed by atoms with Crippen LogP contribution in [0.4, 0.5) is 0 Å². The van der Waals surface area contributed by atoms with Crippen molar-refractivity contribution in [1.29, 1.82) is 0 Å². The number of nitrogens with zero attached hydrogens (tertiary/aromatic N) is 2. The summed E-state index contributed by atoms with van der Waals surface area (Å²) < 4.78 is 11.5. The molecule has 1 aliphatic rings. The third kappa shape index (κ3) is 10.2. The molecule has 3 rings (SSSR count). The fraction of sp³-hybridized carbons (Fsp3) is 0.562. The number of ether oxygens (including phenoxy) is 2. The lowest BCUT2D eigenvalue weighted by Gasteiger charge is -2.45. The molecule has 0 aromatic heterocycles. The van der Waals surface area contributed by atoms with E-state index in [1.807, 2.05) is 77.9 Å².